The van der Waals surface area contributed by atoms with Gasteiger partial charge in [-0.25, -0.2) is 0 Å². The molecule has 1 aromatic rings. The molecule has 0 N–H and O–H groups in total. The fraction of sp³-hybridized carbons (Fsp3) is 0.571. The Balaban J connectivity index is 1.48. The molecule has 6 nitrogen and oxygen atoms in total. The standard InChI is InChI=1S/C21H26N2O4/c1-11-12(2)20(26)23(21-17(11)27-21)10-16-7-5-6-15(8-16)9-22-18(24)13(3)14(4)19(22)25/h5-8,11-14,17,21H,9-10H2,1-4H3. The fourth-order valence-corrected chi connectivity index (χ4v) is 4.20. The molecule has 0 aromatic heterocycles. The zero-order valence-corrected chi connectivity index (χ0v) is 16.2. The molecule has 6 atom stereocenters. The second kappa shape index (κ2) is 6.44. The van der Waals surface area contributed by atoms with E-state index in [1.165, 1.54) is 4.90 Å². The Morgan fingerprint density at radius 3 is 2.07 bits per heavy atom. The third-order valence-electron chi connectivity index (χ3n) is 6.53. The molecule has 6 heteroatoms. The second-order valence-corrected chi connectivity index (χ2v) is 8.27. The monoisotopic (exact) mass is 370 g/mol. The molecule has 0 radical (unpaired) electrons. The third-order valence-corrected chi connectivity index (χ3v) is 6.53. The lowest BCUT2D eigenvalue weighted by Gasteiger charge is -2.31. The van der Waals surface area contributed by atoms with Gasteiger partial charge in [0.15, 0.2) is 6.23 Å². The minimum Gasteiger partial charge on any atom is -0.347 e. The van der Waals surface area contributed by atoms with E-state index in [4.69, 9.17) is 4.74 Å². The Labute approximate surface area is 159 Å². The smallest absolute Gasteiger partial charge is 0.233 e. The normalized spacial score (nSPS) is 35.6. The van der Waals surface area contributed by atoms with E-state index in [-0.39, 0.29) is 60.3 Å². The van der Waals surface area contributed by atoms with Gasteiger partial charge in [0.25, 0.3) is 0 Å². The van der Waals surface area contributed by atoms with E-state index in [9.17, 15) is 14.4 Å². The highest BCUT2D eigenvalue weighted by Crippen LogP contribution is 2.42. The van der Waals surface area contributed by atoms with Crippen LogP contribution in [0.4, 0.5) is 0 Å². The first-order valence-corrected chi connectivity index (χ1v) is 9.68. The fourth-order valence-electron chi connectivity index (χ4n) is 4.20. The average Bonchev–Trinajstić information content (AvgIpc) is 3.43. The number of hydrogen-bond acceptors (Lipinski definition) is 4. The number of epoxide rings is 1. The summed E-state index contributed by atoms with van der Waals surface area (Å²) in [5.41, 5.74) is 1.88. The van der Waals surface area contributed by atoms with E-state index in [0.717, 1.165) is 11.1 Å². The van der Waals surface area contributed by atoms with Crippen LogP contribution < -0.4 is 0 Å². The molecule has 3 aliphatic rings. The summed E-state index contributed by atoms with van der Waals surface area (Å²) in [4.78, 5) is 40.5. The zero-order valence-electron chi connectivity index (χ0n) is 16.2. The highest BCUT2D eigenvalue weighted by atomic mass is 16.6. The van der Waals surface area contributed by atoms with E-state index in [1.807, 2.05) is 36.1 Å². The van der Waals surface area contributed by atoms with Crippen LogP contribution >= 0.6 is 0 Å². The van der Waals surface area contributed by atoms with Gasteiger partial charge in [0.2, 0.25) is 17.7 Å². The maximum Gasteiger partial charge on any atom is 0.233 e. The quantitative estimate of drug-likeness (QED) is 0.602. The first-order valence-electron chi connectivity index (χ1n) is 9.68. The summed E-state index contributed by atoms with van der Waals surface area (Å²) in [6.45, 7) is 8.40. The minimum absolute atomic E-state index is 0.0419. The summed E-state index contributed by atoms with van der Waals surface area (Å²) in [5.74, 6) is -0.416. The summed E-state index contributed by atoms with van der Waals surface area (Å²) >= 11 is 0. The van der Waals surface area contributed by atoms with Crippen molar-refractivity contribution in [1.82, 2.24) is 9.80 Å². The van der Waals surface area contributed by atoms with E-state index in [2.05, 4.69) is 6.92 Å². The van der Waals surface area contributed by atoms with Gasteiger partial charge in [-0.05, 0) is 17.0 Å². The zero-order chi connectivity index (χ0) is 19.5. The highest BCUT2D eigenvalue weighted by Gasteiger charge is 2.56. The number of nitrogens with zero attached hydrogens (tertiary/aromatic N) is 2. The molecule has 3 amide bonds. The number of likely N-dealkylation sites (tertiary alicyclic amines) is 2. The number of piperidine rings is 1. The molecule has 0 saturated carbocycles. The number of hydrogen-bond donors (Lipinski definition) is 0. The van der Waals surface area contributed by atoms with Crippen molar-refractivity contribution in [2.45, 2.75) is 53.1 Å². The predicted octanol–water partition coefficient (Wildman–Crippen LogP) is 2.17. The molecule has 3 heterocycles. The molecule has 1 aromatic carbocycles. The summed E-state index contributed by atoms with van der Waals surface area (Å²) in [7, 11) is 0. The van der Waals surface area contributed by atoms with Crippen LogP contribution in [0.2, 0.25) is 0 Å². The van der Waals surface area contributed by atoms with Crippen molar-refractivity contribution in [1.29, 1.82) is 0 Å². The Bertz CT molecular complexity index is 787. The first kappa shape index (κ1) is 18.2. The van der Waals surface area contributed by atoms with Crippen molar-refractivity contribution in [3.63, 3.8) is 0 Å². The van der Waals surface area contributed by atoms with Crippen LogP contribution in [0, 0.1) is 23.7 Å². The van der Waals surface area contributed by atoms with Crippen LogP contribution in [0.5, 0.6) is 0 Å². The number of rotatable bonds is 4. The number of fused-ring (bicyclic) bond motifs is 1. The Morgan fingerprint density at radius 2 is 1.44 bits per heavy atom. The Kier molecular flexibility index (Phi) is 4.34. The number of carbonyl (C=O) groups is 3. The minimum atomic E-state index is -0.265. The highest BCUT2D eigenvalue weighted by molar-refractivity contribution is 6.04. The topological polar surface area (TPSA) is 70.2 Å². The summed E-state index contributed by atoms with van der Waals surface area (Å²) in [6.07, 6.45) is 0.0273. The third kappa shape index (κ3) is 2.96. The van der Waals surface area contributed by atoms with Crippen molar-refractivity contribution in [3.05, 3.63) is 35.4 Å². The summed E-state index contributed by atoms with van der Waals surface area (Å²) < 4.78 is 5.71. The SMILES string of the molecule is CC1C(=O)N(Cc2cccc(CN3C(=O)C(C)C(C)C4OC43)c2)C(=O)C1C. The first-order chi connectivity index (χ1) is 12.8. The van der Waals surface area contributed by atoms with E-state index in [1.54, 1.807) is 13.8 Å². The lowest BCUT2D eigenvalue weighted by molar-refractivity contribution is -0.141. The molecule has 3 saturated heterocycles. The second-order valence-electron chi connectivity index (χ2n) is 8.27. The number of imide groups is 1. The average molecular weight is 370 g/mol. The molecule has 0 spiro atoms. The molecule has 6 unspecified atom stereocenters. The molecular weight excluding hydrogens is 344 g/mol. The Hall–Kier alpha value is -2.21. The van der Waals surface area contributed by atoms with Gasteiger partial charge in [-0.1, -0.05) is 52.0 Å². The molecule has 144 valence electrons. The lowest BCUT2D eigenvalue weighted by Crippen LogP contribution is -2.45. The molecule has 3 aliphatic heterocycles. The van der Waals surface area contributed by atoms with Gasteiger partial charge in [0.1, 0.15) is 6.10 Å². The molecule has 0 aliphatic carbocycles. The van der Waals surface area contributed by atoms with Gasteiger partial charge in [-0.3, -0.25) is 19.3 Å². The predicted molar refractivity (Wildman–Crippen MR) is 97.9 cm³/mol. The molecular formula is C21H26N2O4. The Morgan fingerprint density at radius 1 is 0.852 bits per heavy atom. The van der Waals surface area contributed by atoms with E-state index < -0.39 is 0 Å². The lowest BCUT2D eigenvalue weighted by atomic mass is 9.87. The van der Waals surface area contributed by atoms with Crippen molar-refractivity contribution < 1.29 is 19.1 Å². The van der Waals surface area contributed by atoms with Gasteiger partial charge < -0.3 is 9.64 Å². The number of benzene rings is 1. The van der Waals surface area contributed by atoms with Crippen LogP contribution in [0.25, 0.3) is 0 Å². The van der Waals surface area contributed by atoms with Gasteiger partial charge in [0.05, 0.1) is 6.54 Å². The van der Waals surface area contributed by atoms with Gasteiger partial charge in [0, 0.05) is 24.3 Å². The number of amides is 3. The van der Waals surface area contributed by atoms with Crippen LogP contribution in [0.15, 0.2) is 24.3 Å². The number of carbonyl (C=O) groups excluding carboxylic acids is 3. The summed E-state index contributed by atoms with van der Waals surface area (Å²) in [5, 5.41) is 0. The molecule has 4 rings (SSSR count). The van der Waals surface area contributed by atoms with Gasteiger partial charge in [-0.15, -0.1) is 0 Å². The van der Waals surface area contributed by atoms with Crippen LogP contribution in [0.3, 0.4) is 0 Å². The van der Waals surface area contributed by atoms with Crippen LogP contribution in [-0.2, 0) is 32.2 Å². The van der Waals surface area contributed by atoms with Gasteiger partial charge in [-0.2, -0.15) is 0 Å². The summed E-state index contributed by atoms with van der Waals surface area (Å²) in [6, 6.07) is 7.77. The molecule has 0 bridgehead atoms. The van der Waals surface area contributed by atoms with Crippen LogP contribution in [0.1, 0.15) is 38.8 Å². The largest absolute Gasteiger partial charge is 0.347 e. The molecule has 27 heavy (non-hydrogen) atoms. The van der Waals surface area contributed by atoms with Gasteiger partial charge >= 0.3 is 0 Å². The maximum atomic E-state index is 12.6. The van der Waals surface area contributed by atoms with E-state index >= 15 is 0 Å². The van der Waals surface area contributed by atoms with Crippen molar-refractivity contribution >= 4 is 17.7 Å². The van der Waals surface area contributed by atoms with Crippen molar-refractivity contribution in [3.8, 4) is 0 Å². The van der Waals surface area contributed by atoms with Crippen molar-refractivity contribution in [2.24, 2.45) is 23.7 Å². The maximum absolute atomic E-state index is 12.6. The molecule has 3 fully saturated rings. The number of ether oxygens (including phenoxy) is 1. The van der Waals surface area contributed by atoms with E-state index in [0.29, 0.717) is 6.54 Å². The van der Waals surface area contributed by atoms with Crippen molar-refractivity contribution in [2.75, 3.05) is 0 Å². The van der Waals surface area contributed by atoms with Crippen LogP contribution in [-0.4, -0.2) is 39.9 Å².